The zero-order valence-corrected chi connectivity index (χ0v) is 12.5. The van der Waals surface area contributed by atoms with Crippen LogP contribution in [0.2, 0.25) is 0 Å². The molecule has 0 fully saturated rings. The summed E-state index contributed by atoms with van der Waals surface area (Å²) in [6.07, 6.45) is 1.60. The molecule has 2 rings (SSSR count). The van der Waals surface area contributed by atoms with E-state index in [4.69, 9.17) is 0 Å². The number of benzene rings is 2. The van der Waals surface area contributed by atoms with Gasteiger partial charge in [-0.15, -0.1) is 0 Å². The Hall–Kier alpha value is -1.74. The van der Waals surface area contributed by atoms with Crippen molar-refractivity contribution in [2.75, 3.05) is 0 Å². The largest absolute Gasteiger partial charge is 0.303 e. The highest BCUT2D eigenvalue weighted by Gasteiger charge is 2.16. The van der Waals surface area contributed by atoms with Gasteiger partial charge in [0.05, 0.1) is 0 Å². The first-order valence-electron chi connectivity index (χ1n) is 6.48. The van der Waals surface area contributed by atoms with Crippen LogP contribution in [0.25, 0.3) is 0 Å². The van der Waals surface area contributed by atoms with Crippen molar-refractivity contribution in [3.63, 3.8) is 0 Å². The highest BCUT2D eigenvalue weighted by atomic mass is 79.9. The molecule has 0 aliphatic heterocycles. The minimum atomic E-state index is -0.0511. The van der Waals surface area contributed by atoms with Crippen LogP contribution < -0.4 is 0 Å². The summed E-state index contributed by atoms with van der Waals surface area (Å²) in [7, 11) is 0. The van der Waals surface area contributed by atoms with Crippen LogP contribution in [-0.2, 0) is 4.79 Å². The molecular formula is C17H15BrO2. The molecule has 0 aromatic heterocycles. The first kappa shape index (κ1) is 14.7. The Balaban J connectivity index is 2.14. The molecule has 3 heteroatoms. The van der Waals surface area contributed by atoms with Crippen LogP contribution in [0.4, 0.5) is 0 Å². The number of halogens is 1. The fraction of sp³-hybridized carbons (Fsp3) is 0.176. The van der Waals surface area contributed by atoms with Crippen molar-refractivity contribution in [3.05, 3.63) is 70.2 Å². The van der Waals surface area contributed by atoms with Crippen molar-refractivity contribution >= 4 is 28.0 Å². The summed E-state index contributed by atoms with van der Waals surface area (Å²) in [5.74, 6) is 0.0121. The van der Waals surface area contributed by atoms with E-state index in [9.17, 15) is 9.59 Å². The molecule has 0 aliphatic rings. The Morgan fingerprint density at radius 3 is 2.30 bits per heavy atom. The van der Waals surface area contributed by atoms with Gasteiger partial charge in [-0.1, -0.05) is 58.4 Å². The third-order valence-electron chi connectivity index (χ3n) is 3.25. The van der Waals surface area contributed by atoms with Crippen LogP contribution in [-0.4, -0.2) is 12.1 Å². The summed E-state index contributed by atoms with van der Waals surface area (Å²) in [5, 5.41) is 0. The van der Waals surface area contributed by atoms with Gasteiger partial charge in [0.1, 0.15) is 6.29 Å². The predicted molar refractivity (Wildman–Crippen MR) is 83.0 cm³/mol. The van der Waals surface area contributed by atoms with E-state index in [1.807, 2.05) is 42.5 Å². The number of carbonyl (C=O) groups excluding carboxylic acids is 2. The van der Waals surface area contributed by atoms with E-state index in [0.717, 1.165) is 16.3 Å². The number of ketones is 1. The molecule has 0 amide bonds. The Bertz CT molecular complexity index is 576. The molecule has 0 spiro atoms. The van der Waals surface area contributed by atoms with Crippen molar-refractivity contribution in [1.29, 1.82) is 0 Å². The monoisotopic (exact) mass is 330 g/mol. The summed E-state index contributed by atoms with van der Waals surface area (Å²) < 4.78 is 0.946. The van der Waals surface area contributed by atoms with Crippen LogP contribution in [0, 0.1) is 0 Å². The Morgan fingerprint density at radius 1 is 1.05 bits per heavy atom. The SMILES string of the molecule is O=CC[C@H](CC(=O)c1ccc(Br)cc1)c1ccccc1. The number of carbonyl (C=O) groups is 2. The molecule has 2 nitrogen and oxygen atoms in total. The lowest BCUT2D eigenvalue weighted by molar-refractivity contribution is -0.108. The predicted octanol–water partition coefficient (Wildman–Crippen LogP) is 4.39. The summed E-state index contributed by atoms with van der Waals surface area (Å²) in [6.45, 7) is 0. The standard InChI is InChI=1S/C17H15BrO2/c18-16-8-6-14(7-9-16)17(20)12-15(10-11-19)13-4-2-1-3-5-13/h1-9,11,15H,10,12H2/t15-/m1/s1. The molecule has 2 aromatic carbocycles. The molecule has 0 bridgehead atoms. The summed E-state index contributed by atoms with van der Waals surface area (Å²) in [4.78, 5) is 23.1. The maximum absolute atomic E-state index is 12.3. The minimum Gasteiger partial charge on any atom is -0.303 e. The highest BCUT2D eigenvalue weighted by Crippen LogP contribution is 2.24. The van der Waals surface area contributed by atoms with Crippen LogP contribution in [0.3, 0.4) is 0 Å². The number of hydrogen-bond donors (Lipinski definition) is 0. The van der Waals surface area contributed by atoms with Crippen molar-refractivity contribution in [1.82, 2.24) is 0 Å². The van der Waals surface area contributed by atoms with Gasteiger partial charge in [-0.3, -0.25) is 4.79 Å². The highest BCUT2D eigenvalue weighted by molar-refractivity contribution is 9.10. The fourth-order valence-electron chi connectivity index (χ4n) is 2.16. The molecule has 0 radical (unpaired) electrons. The number of aldehydes is 1. The van der Waals surface area contributed by atoms with Crippen molar-refractivity contribution < 1.29 is 9.59 Å². The van der Waals surface area contributed by atoms with Gasteiger partial charge in [-0.25, -0.2) is 0 Å². The second kappa shape index (κ2) is 7.15. The Morgan fingerprint density at radius 2 is 1.70 bits per heavy atom. The van der Waals surface area contributed by atoms with Gasteiger partial charge >= 0.3 is 0 Å². The second-order valence-corrected chi connectivity index (χ2v) is 5.56. The molecule has 0 saturated carbocycles. The smallest absolute Gasteiger partial charge is 0.163 e. The van der Waals surface area contributed by atoms with Crippen molar-refractivity contribution in [2.45, 2.75) is 18.8 Å². The van der Waals surface area contributed by atoms with Gasteiger partial charge < -0.3 is 4.79 Å². The molecule has 0 unspecified atom stereocenters. The first-order chi connectivity index (χ1) is 9.70. The number of rotatable bonds is 6. The Kier molecular flexibility index (Phi) is 5.24. The lowest BCUT2D eigenvalue weighted by Gasteiger charge is -2.13. The van der Waals surface area contributed by atoms with Gasteiger partial charge in [0.25, 0.3) is 0 Å². The maximum atomic E-state index is 12.3. The molecule has 1 atom stereocenters. The second-order valence-electron chi connectivity index (χ2n) is 4.64. The normalized spacial score (nSPS) is 11.8. The quantitative estimate of drug-likeness (QED) is 0.581. The van der Waals surface area contributed by atoms with E-state index in [0.29, 0.717) is 18.4 Å². The molecular weight excluding hydrogens is 316 g/mol. The zero-order valence-electron chi connectivity index (χ0n) is 11.0. The van der Waals surface area contributed by atoms with Crippen LogP contribution >= 0.6 is 15.9 Å². The summed E-state index contributed by atoms with van der Waals surface area (Å²) in [5.41, 5.74) is 1.71. The van der Waals surface area contributed by atoms with Gasteiger partial charge in [-0.05, 0) is 23.6 Å². The lowest BCUT2D eigenvalue weighted by Crippen LogP contribution is -2.08. The molecule has 102 valence electrons. The molecule has 20 heavy (non-hydrogen) atoms. The molecule has 0 saturated heterocycles. The third kappa shape index (κ3) is 3.87. The van der Waals surface area contributed by atoms with E-state index in [-0.39, 0.29) is 11.7 Å². The van der Waals surface area contributed by atoms with Gasteiger partial charge in [-0.2, -0.15) is 0 Å². The van der Waals surface area contributed by atoms with E-state index < -0.39 is 0 Å². The van der Waals surface area contributed by atoms with E-state index in [1.165, 1.54) is 0 Å². The summed E-state index contributed by atoms with van der Waals surface area (Å²) >= 11 is 3.35. The molecule has 0 N–H and O–H groups in total. The van der Waals surface area contributed by atoms with Crippen molar-refractivity contribution in [2.24, 2.45) is 0 Å². The van der Waals surface area contributed by atoms with Crippen LogP contribution in [0.5, 0.6) is 0 Å². The average Bonchev–Trinajstić information content (AvgIpc) is 2.48. The molecule has 2 aromatic rings. The first-order valence-corrected chi connectivity index (χ1v) is 7.27. The van der Waals surface area contributed by atoms with E-state index >= 15 is 0 Å². The molecule has 0 aliphatic carbocycles. The van der Waals surface area contributed by atoms with Gasteiger partial charge in [0, 0.05) is 22.9 Å². The minimum absolute atomic E-state index is 0.0511. The van der Waals surface area contributed by atoms with Crippen LogP contribution in [0.15, 0.2) is 59.1 Å². The zero-order chi connectivity index (χ0) is 14.4. The maximum Gasteiger partial charge on any atom is 0.163 e. The number of Topliss-reactive ketones (excluding diaryl/α,β-unsaturated/α-hetero) is 1. The lowest BCUT2D eigenvalue weighted by atomic mass is 9.89. The Labute approximate surface area is 127 Å². The molecule has 0 heterocycles. The average molecular weight is 331 g/mol. The fourth-order valence-corrected chi connectivity index (χ4v) is 2.42. The van der Waals surface area contributed by atoms with Crippen molar-refractivity contribution in [3.8, 4) is 0 Å². The van der Waals surface area contributed by atoms with E-state index in [1.54, 1.807) is 12.1 Å². The number of hydrogen-bond acceptors (Lipinski definition) is 2. The third-order valence-corrected chi connectivity index (χ3v) is 3.78. The van der Waals surface area contributed by atoms with Gasteiger partial charge in [0.2, 0.25) is 0 Å². The van der Waals surface area contributed by atoms with Crippen LogP contribution in [0.1, 0.15) is 34.7 Å². The topological polar surface area (TPSA) is 34.1 Å². The summed E-state index contributed by atoms with van der Waals surface area (Å²) in [6, 6.07) is 17.0. The van der Waals surface area contributed by atoms with E-state index in [2.05, 4.69) is 15.9 Å². The van der Waals surface area contributed by atoms with Gasteiger partial charge in [0.15, 0.2) is 5.78 Å².